The standard InChI is InChI=1S/C4H10Se.H2Se/c1-3-5-4-2;/h3-4H2,1-2H3;1H2. The first-order valence-electron chi connectivity index (χ1n) is 1.99. The van der Waals surface area contributed by atoms with Gasteiger partial charge in [-0.25, -0.2) is 0 Å². The minimum atomic E-state index is 0. The topological polar surface area (TPSA) is 0 Å². The van der Waals surface area contributed by atoms with Crippen LogP contribution in [0, 0.1) is 0 Å². The van der Waals surface area contributed by atoms with Gasteiger partial charge in [-0.3, -0.25) is 0 Å². The molecule has 0 heterocycles. The fourth-order valence-electron chi connectivity index (χ4n) is 0.204. The van der Waals surface area contributed by atoms with E-state index >= 15 is 0 Å². The van der Waals surface area contributed by atoms with Crippen molar-refractivity contribution in [2.45, 2.75) is 24.5 Å². The molecule has 0 saturated heterocycles. The maximum absolute atomic E-state index is 2.24. The Hall–Kier alpha value is 1.04. The van der Waals surface area contributed by atoms with Gasteiger partial charge in [-0.2, -0.15) is 0 Å². The third kappa shape index (κ3) is 8.90. The number of rotatable bonds is 2. The van der Waals surface area contributed by atoms with Crippen molar-refractivity contribution in [2.75, 3.05) is 0 Å². The van der Waals surface area contributed by atoms with Gasteiger partial charge in [0.2, 0.25) is 0 Å². The molecular weight excluding hydrogens is 206 g/mol. The third-order valence-corrected chi connectivity index (χ3v) is 2.12. The number of hydrogen-bond acceptors (Lipinski definition) is 0. The second kappa shape index (κ2) is 9.40. The molecule has 0 aromatic rings. The van der Waals surface area contributed by atoms with E-state index in [0.29, 0.717) is 0 Å². The van der Waals surface area contributed by atoms with Gasteiger partial charge in [-0.05, 0) is 0 Å². The Morgan fingerprint density at radius 2 is 1.50 bits per heavy atom. The predicted molar refractivity (Wildman–Crippen MR) is 35.3 cm³/mol. The van der Waals surface area contributed by atoms with Gasteiger partial charge in [0, 0.05) is 0 Å². The Morgan fingerprint density at radius 1 is 1.17 bits per heavy atom. The van der Waals surface area contributed by atoms with E-state index in [-0.39, 0.29) is 17.1 Å². The van der Waals surface area contributed by atoms with Crippen LogP contribution in [-0.2, 0) is 0 Å². The van der Waals surface area contributed by atoms with Crippen LogP contribution in [-0.4, -0.2) is 32.0 Å². The van der Waals surface area contributed by atoms with E-state index in [1.54, 1.807) is 0 Å². The van der Waals surface area contributed by atoms with E-state index in [0.717, 1.165) is 15.0 Å². The Balaban J connectivity index is 0. The molecule has 0 radical (unpaired) electrons. The van der Waals surface area contributed by atoms with Crippen LogP contribution in [0.4, 0.5) is 0 Å². The fourth-order valence-corrected chi connectivity index (χ4v) is 1.06. The van der Waals surface area contributed by atoms with E-state index in [1.165, 1.54) is 10.6 Å². The summed E-state index contributed by atoms with van der Waals surface area (Å²) in [4.78, 5) is 0. The Morgan fingerprint density at radius 3 is 1.50 bits per heavy atom. The summed E-state index contributed by atoms with van der Waals surface area (Å²) in [6.45, 7) is 4.48. The molecule has 0 fully saturated rings. The Bertz CT molecular complexity index is 13.0. The molecule has 0 atom stereocenters. The quantitative estimate of drug-likeness (QED) is 0.597. The van der Waals surface area contributed by atoms with Gasteiger partial charge >= 0.3 is 56.5 Å². The first-order chi connectivity index (χ1) is 2.41. The van der Waals surface area contributed by atoms with Crippen LogP contribution in [0.2, 0.25) is 10.6 Å². The monoisotopic (exact) mass is 220 g/mol. The maximum atomic E-state index is 2.24. The SMILES string of the molecule is CC[Se]CC.[SeH2]. The third-order valence-electron chi connectivity index (χ3n) is 0.408. The van der Waals surface area contributed by atoms with Crippen molar-refractivity contribution in [2.24, 2.45) is 0 Å². The van der Waals surface area contributed by atoms with Crippen molar-refractivity contribution in [3.05, 3.63) is 0 Å². The summed E-state index contributed by atoms with van der Waals surface area (Å²) in [5, 5.41) is 2.81. The van der Waals surface area contributed by atoms with Gasteiger partial charge in [0.1, 0.15) is 0 Å². The van der Waals surface area contributed by atoms with Gasteiger partial charge < -0.3 is 0 Å². The average molecular weight is 218 g/mol. The first-order valence-corrected chi connectivity index (χ1v) is 4.41. The summed E-state index contributed by atoms with van der Waals surface area (Å²) in [6, 6.07) is 0. The summed E-state index contributed by atoms with van der Waals surface area (Å²) in [5.41, 5.74) is 0. The second-order valence-electron chi connectivity index (χ2n) is 0.781. The molecule has 0 N–H and O–H groups in total. The van der Waals surface area contributed by atoms with E-state index in [2.05, 4.69) is 13.8 Å². The van der Waals surface area contributed by atoms with Crippen LogP contribution >= 0.6 is 0 Å². The van der Waals surface area contributed by atoms with Crippen molar-refractivity contribution in [3.8, 4) is 0 Å². The van der Waals surface area contributed by atoms with E-state index in [1.807, 2.05) is 0 Å². The Kier molecular flexibility index (Phi) is 15.8. The van der Waals surface area contributed by atoms with Crippen molar-refractivity contribution in [3.63, 3.8) is 0 Å². The normalized spacial score (nSPS) is 7.00. The van der Waals surface area contributed by atoms with Gasteiger partial charge in [-0.1, -0.05) is 0 Å². The number of hydrogen-bond donors (Lipinski definition) is 0. The van der Waals surface area contributed by atoms with Gasteiger partial charge in [0.15, 0.2) is 0 Å². The molecule has 0 spiro atoms. The molecule has 0 bridgehead atoms. The van der Waals surface area contributed by atoms with Crippen LogP contribution in [0.15, 0.2) is 0 Å². The first kappa shape index (κ1) is 10.1. The molecule has 0 unspecified atom stereocenters. The van der Waals surface area contributed by atoms with E-state index in [9.17, 15) is 0 Å². The second-order valence-corrected chi connectivity index (χ2v) is 4.06. The zero-order chi connectivity index (χ0) is 4.12. The molecule has 0 rings (SSSR count). The molecule has 0 nitrogen and oxygen atoms in total. The fraction of sp³-hybridized carbons (Fsp3) is 1.00. The minimum absolute atomic E-state index is 0. The zero-order valence-electron chi connectivity index (χ0n) is 4.32. The van der Waals surface area contributed by atoms with Crippen LogP contribution in [0.5, 0.6) is 0 Å². The molecule has 0 saturated carbocycles. The molecule has 0 aliphatic heterocycles. The van der Waals surface area contributed by atoms with Crippen LogP contribution in [0.3, 0.4) is 0 Å². The molecular formula is C4H12Se2. The molecule has 2 heteroatoms. The predicted octanol–water partition coefficient (Wildman–Crippen LogP) is 0.651. The summed E-state index contributed by atoms with van der Waals surface area (Å²) in [7, 11) is 0. The molecule has 40 valence electrons. The van der Waals surface area contributed by atoms with Crippen molar-refractivity contribution in [1.82, 2.24) is 0 Å². The average Bonchev–Trinajstić information content (AvgIpc) is 1.41. The van der Waals surface area contributed by atoms with Crippen molar-refractivity contribution >= 4 is 32.0 Å². The molecule has 0 aliphatic rings. The van der Waals surface area contributed by atoms with E-state index < -0.39 is 0 Å². The van der Waals surface area contributed by atoms with Gasteiger partial charge in [0.25, 0.3) is 0 Å². The Labute approximate surface area is 56.7 Å². The van der Waals surface area contributed by atoms with Crippen molar-refractivity contribution < 1.29 is 0 Å². The van der Waals surface area contributed by atoms with Crippen LogP contribution < -0.4 is 0 Å². The molecule has 0 aromatic carbocycles. The van der Waals surface area contributed by atoms with Crippen molar-refractivity contribution in [1.29, 1.82) is 0 Å². The summed E-state index contributed by atoms with van der Waals surface area (Å²) in [6.07, 6.45) is 0. The summed E-state index contributed by atoms with van der Waals surface area (Å²) >= 11 is 0.958. The molecule has 6 heavy (non-hydrogen) atoms. The molecule has 0 aliphatic carbocycles. The van der Waals surface area contributed by atoms with Crippen LogP contribution in [0.25, 0.3) is 0 Å². The summed E-state index contributed by atoms with van der Waals surface area (Å²) in [5.74, 6) is 0. The van der Waals surface area contributed by atoms with Gasteiger partial charge in [-0.15, -0.1) is 0 Å². The summed E-state index contributed by atoms with van der Waals surface area (Å²) < 4.78 is 0. The molecule has 0 aromatic heterocycles. The zero-order valence-corrected chi connectivity index (χ0v) is 8.13. The van der Waals surface area contributed by atoms with E-state index in [4.69, 9.17) is 0 Å². The molecule has 0 amide bonds. The van der Waals surface area contributed by atoms with Gasteiger partial charge in [0.05, 0.1) is 0 Å². The van der Waals surface area contributed by atoms with Crippen LogP contribution in [0.1, 0.15) is 13.8 Å².